The zero-order valence-corrected chi connectivity index (χ0v) is 17.8. The smallest absolute Gasteiger partial charge is 0.193 e. The summed E-state index contributed by atoms with van der Waals surface area (Å²) in [6, 6.07) is 28.5. The molecule has 0 spiro atoms. The zero-order valence-electron chi connectivity index (χ0n) is 17.8. The molecule has 1 aromatic heterocycles. The van der Waals surface area contributed by atoms with Crippen LogP contribution in [0.2, 0.25) is 0 Å². The molecule has 3 heteroatoms. The Labute approximate surface area is 187 Å². The highest BCUT2D eigenvalue weighted by Gasteiger charge is 2.22. The first-order valence-electron chi connectivity index (χ1n) is 10.7. The molecule has 2 nitrogen and oxygen atoms in total. The molecule has 0 N–H and O–H groups in total. The van der Waals surface area contributed by atoms with Crippen LogP contribution in [0.4, 0.5) is 4.39 Å². The zero-order chi connectivity index (χ0) is 22.1. The second-order valence-corrected chi connectivity index (χ2v) is 7.95. The number of benzene rings is 3. The molecule has 0 aliphatic carbocycles. The lowest BCUT2D eigenvalue weighted by atomic mass is 9.95. The summed E-state index contributed by atoms with van der Waals surface area (Å²) in [7, 11) is 0. The van der Waals surface area contributed by atoms with Gasteiger partial charge >= 0.3 is 0 Å². The Morgan fingerprint density at radius 2 is 1.47 bits per heavy atom. The van der Waals surface area contributed by atoms with Gasteiger partial charge in [-0.05, 0) is 60.0 Å². The van der Waals surface area contributed by atoms with Gasteiger partial charge in [-0.3, -0.25) is 4.79 Å². The second-order valence-electron chi connectivity index (χ2n) is 7.95. The first kappa shape index (κ1) is 20.0. The van der Waals surface area contributed by atoms with Crippen molar-refractivity contribution in [1.82, 2.24) is 4.57 Å². The van der Waals surface area contributed by atoms with Crippen LogP contribution in [0.1, 0.15) is 23.0 Å². The van der Waals surface area contributed by atoms with Gasteiger partial charge in [-0.1, -0.05) is 66.7 Å². The predicted molar refractivity (Wildman–Crippen MR) is 128 cm³/mol. The highest BCUT2D eigenvalue weighted by atomic mass is 19.1. The van der Waals surface area contributed by atoms with Crippen molar-refractivity contribution in [3.63, 3.8) is 0 Å². The van der Waals surface area contributed by atoms with Gasteiger partial charge in [0.2, 0.25) is 0 Å². The standard InChI is InChI=1S/C29H22FNO/c1-20-16-17-31-27(22-10-6-3-7-11-22)19-26(21-8-4-2-5-9-21)28(31)18-25(20)29(32)23-12-14-24(30)15-13-23/h2-16,18-19H,17H2,1H3. The Morgan fingerprint density at radius 3 is 2.12 bits per heavy atom. The number of carbonyl (C=O) groups excluding carboxylic acids is 1. The van der Waals surface area contributed by atoms with Crippen LogP contribution in [0, 0.1) is 5.82 Å². The maximum atomic E-state index is 13.4. The number of rotatable bonds is 4. The number of allylic oxidation sites excluding steroid dienone is 3. The molecule has 0 bridgehead atoms. The van der Waals surface area contributed by atoms with E-state index >= 15 is 0 Å². The molecule has 4 aromatic rings. The first-order chi connectivity index (χ1) is 15.6. The SMILES string of the molecule is CC1=CCn2c(-c3ccccc3)cc(-c3ccccc3)c2C=C1C(=O)c1ccc(F)cc1. The fourth-order valence-corrected chi connectivity index (χ4v) is 4.20. The normalized spacial score (nSPS) is 13.1. The molecule has 2 heterocycles. The monoisotopic (exact) mass is 419 g/mol. The number of ketones is 1. The van der Waals surface area contributed by atoms with E-state index in [0.29, 0.717) is 17.7 Å². The number of halogens is 1. The van der Waals surface area contributed by atoms with Gasteiger partial charge < -0.3 is 4.57 Å². The van der Waals surface area contributed by atoms with Crippen LogP contribution in [-0.4, -0.2) is 10.4 Å². The van der Waals surface area contributed by atoms with E-state index in [9.17, 15) is 9.18 Å². The Bertz CT molecular complexity index is 1340. The van der Waals surface area contributed by atoms with E-state index in [2.05, 4.69) is 41.0 Å². The lowest BCUT2D eigenvalue weighted by molar-refractivity contribution is 0.103. The number of hydrogen-bond donors (Lipinski definition) is 0. The first-order valence-corrected chi connectivity index (χ1v) is 10.7. The van der Waals surface area contributed by atoms with Gasteiger partial charge in [-0.2, -0.15) is 0 Å². The van der Waals surface area contributed by atoms with E-state index in [1.54, 1.807) is 12.1 Å². The van der Waals surface area contributed by atoms with Crippen LogP contribution >= 0.6 is 0 Å². The van der Waals surface area contributed by atoms with Gasteiger partial charge in [0, 0.05) is 28.9 Å². The maximum Gasteiger partial charge on any atom is 0.193 e. The Kier molecular flexibility index (Phi) is 5.16. The minimum atomic E-state index is -0.351. The van der Waals surface area contributed by atoms with Gasteiger partial charge in [0.25, 0.3) is 0 Å². The molecule has 0 radical (unpaired) electrons. The lowest BCUT2D eigenvalue weighted by Crippen LogP contribution is -2.04. The van der Waals surface area contributed by atoms with Gasteiger partial charge in [0.15, 0.2) is 5.78 Å². The average Bonchev–Trinajstić information content (AvgIpc) is 3.11. The molecule has 32 heavy (non-hydrogen) atoms. The summed E-state index contributed by atoms with van der Waals surface area (Å²) in [6.45, 7) is 2.62. The van der Waals surface area contributed by atoms with Crippen molar-refractivity contribution in [1.29, 1.82) is 0 Å². The van der Waals surface area contributed by atoms with E-state index in [0.717, 1.165) is 33.7 Å². The Hall–Kier alpha value is -3.98. The van der Waals surface area contributed by atoms with Crippen molar-refractivity contribution >= 4 is 11.9 Å². The van der Waals surface area contributed by atoms with Crippen molar-refractivity contribution in [2.75, 3.05) is 0 Å². The molecule has 0 amide bonds. The van der Waals surface area contributed by atoms with E-state index in [1.165, 1.54) is 12.1 Å². The van der Waals surface area contributed by atoms with Crippen molar-refractivity contribution < 1.29 is 9.18 Å². The van der Waals surface area contributed by atoms with E-state index in [4.69, 9.17) is 0 Å². The summed E-state index contributed by atoms with van der Waals surface area (Å²) in [5, 5.41) is 0. The van der Waals surface area contributed by atoms with Crippen LogP contribution in [0.15, 0.2) is 108 Å². The fourth-order valence-electron chi connectivity index (χ4n) is 4.20. The van der Waals surface area contributed by atoms with Crippen LogP contribution in [0.5, 0.6) is 0 Å². The third kappa shape index (κ3) is 3.63. The maximum absolute atomic E-state index is 13.4. The third-order valence-electron chi connectivity index (χ3n) is 5.93. The van der Waals surface area contributed by atoms with Crippen LogP contribution in [0.3, 0.4) is 0 Å². The molecule has 3 aromatic carbocycles. The topological polar surface area (TPSA) is 22.0 Å². The lowest BCUT2D eigenvalue weighted by Gasteiger charge is -2.10. The molecule has 0 atom stereocenters. The van der Waals surface area contributed by atoms with Gasteiger partial charge in [0.1, 0.15) is 5.82 Å². The number of Topliss-reactive ketones (excluding diaryl/α,β-unsaturated/α-hetero) is 1. The Balaban J connectivity index is 1.72. The van der Waals surface area contributed by atoms with Crippen molar-refractivity contribution in [3.05, 3.63) is 125 Å². The van der Waals surface area contributed by atoms with E-state index in [1.807, 2.05) is 49.4 Å². The molecule has 1 aliphatic heterocycles. The average molecular weight is 419 g/mol. The van der Waals surface area contributed by atoms with E-state index in [-0.39, 0.29) is 11.6 Å². The summed E-state index contributed by atoms with van der Waals surface area (Å²) in [5.74, 6) is -0.454. The molecule has 156 valence electrons. The molecule has 0 saturated carbocycles. The molecule has 0 fully saturated rings. The fraction of sp³-hybridized carbons (Fsp3) is 0.0690. The quantitative estimate of drug-likeness (QED) is 0.321. The summed E-state index contributed by atoms with van der Waals surface area (Å²) >= 11 is 0. The summed E-state index contributed by atoms with van der Waals surface area (Å²) in [6.07, 6.45) is 4.07. The minimum absolute atomic E-state index is 0.103. The summed E-state index contributed by atoms with van der Waals surface area (Å²) in [5.41, 5.74) is 7.44. The molecule has 0 unspecified atom stereocenters. The third-order valence-corrected chi connectivity index (χ3v) is 5.93. The number of hydrogen-bond acceptors (Lipinski definition) is 1. The number of carbonyl (C=O) groups is 1. The number of nitrogens with zero attached hydrogens (tertiary/aromatic N) is 1. The van der Waals surface area contributed by atoms with Gasteiger partial charge in [-0.15, -0.1) is 0 Å². The summed E-state index contributed by atoms with van der Waals surface area (Å²) in [4.78, 5) is 13.4. The molecular formula is C29H22FNO. The molecular weight excluding hydrogens is 397 g/mol. The predicted octanol–water partition coefficient (Wildman–Crippen LogP) is 7.19. The molecule has 1 aliphatic rings. The van der Waals surface area contributed by atoms with Crippen LogP contribution < -0.4 is 0 Å². The van der Waals surface area contributed by atoms with Gasteiger partial charge in [0.05, 0.1) is 5.69 Å². The highest BCUT2D eigenvalue weighted by molar-refractivity contribution is 6.14. The van der Waals surface area contributed by atoms with Crippen LogP contribution in [-0.2, 0) is 6.54 Å². The number of aromatic nitrogens is 1. The van der Waals surface area contributed by atoms with Crippen molar-refractivity contribution in [2.24, 2.45) is 0 Å². The van der Waals surface area contributed by atoms with E-state index < -0.39 is 0 Å². The van der Waals surface area contributed by atoms with Crippen LogP contribution in [0.25, 0.3) is 28.5 Å². The van der Waals surface area contributed by atoms with Gasteiger partial charge in [-0.25, -0.2) is 4.39 Å². The molecule has 5 rings (SSSR count). The highest BCUT2D eigenvalue weighted by Crippen LogP contribution is 2.37. The minimum Gasteiger partial charge on any atom is -0.337 e. The Morgan fingerprint density at radius 1 is 0.844 bits per heavy atom. The van der Waals surface area contributed by atoms with Crippen molar-refractivity contribution in [3.8, 4) is 22.4 Å². The second kappa shape index (κ2) is 8.27. The molecule has 0 saturated heterocycles. The number of fused-ring (bicyclic) bond motifs is 1. The largest absolute Gasteiger partial charge is 0.337 e. The van der Waals surface area contributed by atoms with Crippen molar-refractivity contribution in [2.45, 2.75) is 13.5 Å². The summed E-state index contributed by atoms with van der Waals surface area (Å²) < 4.78 is 15.7.